The minimum atomic E-state index is -0.324. The number of aromatic nitrogens is 1. The van der Waals surface area contributed by atoms with Gasteiger partial charge >= 0.3 is 0 Å². The zero-order chi connectivity index (χ0) is 32.5. The Bertz CT molecular complexity index is 2810. The van der Waals surface area contributed by atoms with Gasteiger partial charge in [0.05, 0.1) is 5.39 Å². The number of furan rings is 1. The van der Waals surface area contributed by atoms with Crippen molar-refractivity contribution >= 4 is 75.9 Å². The van der Waals surface area contributed by atoms with Crippen molar-refractivity contribution in [1.29, 1.82) is 0 Å². The highest BCUT2D eigenvalue weighted by Gasteiger charge is 2.31. The molecule has 4 heterocycles. The third-order valence-corrected chi connectivity index (χ3v) is 10.8. The number of rotatable bonds is 4. The smallest absolute Gasteiger partial charge is 0.159 e. The summed E-state index contributed by atoms with van der Waals surface area (Å²) in [5.74, 6) is 1.43. The van der Waals surface area contributed by atoms with Gasteiger partial charge in [0, 0.05) is 55.5 Å². The number of amidine groups is 2. The van der Waals surface area contributed by atoms with Crippen LogP contribution in [-0.4, -0.2) is 28.6 Å². The third kappa shape index (κ3) is 4.41. The maximum atomic E-state index is 6.69. The molecule has 0 aliphatic carbocycles. The van der Waals surface area contributed by atoms with Crippen LogP contribution in [0.3, 0.4) is 0 Å². The van der Waals surface area contributed by atoms with Crippen molar-refractivity contribution in [3.05, 3.63) is 163 Å². The van der Waals surface area contributed by atoms with Crippen molar-refractivity contribution in [3.63, 3.8) is 0 Å². The number of benzene rings is 6. The lowest BCUT2D eigenvalue weighted by Crippen LogP contribution is -2.36. The first kappa shape index (κ1) is 28.0. The van der Waals surface area contributed by atoms with Crippen molar-refractivity contribution in [2.75, 3.05) is 7.05 Å². The molecule has 6 heteroatoms. The Labute approximate surface area is 286 Å². The Morgan fingerprint density at radius 2 is 1.43 bits per heavy atom. The fourth-order valence-electron chi connectivity index (χ4n) is 7.18. The molecule has 0 saturated heterocycles. The summed E-state index contributed by atoms with van der Waals surface area (Å²) in [5, 5.41) is 6.83. The van der Waals surface area contributed by atoms with Crippen LogP contribution in [0, 0.1) is 0 Å². The average Bonchev–Trinajstić information content (AvgIpc) is 3.74. The first-order chi connectivity index (χ1) is 24.2. The maximum absolute atomic E-state index is 6.69. The number of thiophene rings is 1. The quantitative estimate of drug-likeness (QED) is 0.191. The van der Waals surface area contributed by atoms with Crippen molar-refractivity contribution in [1.82, 2.24) is 9.88 Å². The van der Waals surface area contributed by atoms with Crippen molar-refractivity contribution in [2.45, 2.75) is 6.17 Å². The van der Waals surface area contributed by atoms with E-state index in [9.17, 15) is 0 Å². The Morgan fingerprint density at radius 3 is 2.33 bits per heavy atom. The van der Waals surface area contributed by atoms with Gasteiger partial charge in [-0.05, 0) is 34.5 Å². The number of hydrogen-bond donors (Lipinski definition) is 0. The Hall–Kier alpha value is -6.11. The fraction of sp³-hybridized carbons (Fsp3) is 0.0465. The molecular weight excluding hydrogens is 621 g/mol. The molecule has 0 saturated carbocycles. The SMILES string of the molecule is CN1C(c2ncc(-c3ccc4ccccc4c3)c3oc4ccccc4c23)=NC(c2ccccc2)=NC1c1cccc2c1sc1ccccc12. The van der Waals surface area contributed by atoms with Crippen LogP contribution in [0.1, 0.15) is 23.0 Å². The molecule has 1 atom stereocenters. The molecule has 0 spiro atoms. The van der Waals surface area contributed by atoms with E-state index in [1.165, 1.54) is 30.9 Å². The second-order valence-electron chi connectivity index (χ2n) is 12.4. The van der Waals surface area contributed by atoms with E-state index < -0.39 is 0 Å². The maximum Gasteiger partial charge on any atom is 0.159 e. The van der Waals surface area contributed by atoms with E-state index in [0.29, 0.717) is 5.84 Å². The van der Waals surface area contributed by atoms with Gasteiger partial charge in [-0.1, -0.05) is 121 Å². The van der Waals surface area contributed by atoms with Gasteiger partial charge in [-0.2, -0.15) is 0 Å². The molecule has 0 N–H and O–H groups in total. The first-order valence-electron chi connectivity index (χ1n) is 16.4. The molecule has 10 rings (SSSR count). The minimum Gasteiger partial charge on any atom is -0.455 e. The van der Waals surface area contributed by atoms with Gasteiger partial charge < -0.3 is 9.32 Å². The van der Waals surface area contributed by atoms with E-state index in [2.05, 4.69) is 121 Å². The largest absolute Gasteiger partial charge is 0.455 e. The van der Waals surface area contributed by atoms with Crippen LogP contribution in [0.4, 0.5) is 0 Å². The molecule has 0 amide bonds. The monoisotopic (exact) mass is 648 g/mol. The summed E-state index contributed by atoms with van der Waals surface area (Å²) in [5.41, 5.74) is 6.49. The summed E-state index contributed by atoms with van der Waals surface area (Å²) in [6, 6.07) is 48.6. The molecule has 0 fully saturated rings. The Balaban J connectivity index is 1.21. The topological polar surface area (TPSA) is 54.0 Å². The molecular formula is C43H28N4OS. The molecule has 0 radical (unpaired) electrons. The lowest BCUT2D eigenvalue weighted by molar-refractivity contribution is 0.385. The number of nitrogens with zero attached hydrogens (tertiary/aromatic N) is 4. The molecule has 1 aliphatic rings. The van der Waals surface area contributed by atoms with Crippen molar-refractivity contribution < 1.29 is 4.42 Å². The normalized spacial score (nSPS) is 15.0. The predicted octanol–water partition coefficient (Wildman–Crippen LogP) is 11.0. The molecule has 3 aromatic heterocycles. The summed E-state index contributed by atoms with van der Waals surface area (Å²) in [4.78, 5) is 18.0. The summed E-state index contributed by atoms with van der Waals surface area (Å²) in [7, 11) is 2.08. The molecule has 232 valence electrons. The van der Waals surface area contributed by atoms with Crippen LogP contribution < -0.4 is 0 Å². The van der Waals surface area contributed by atoms with Crippen LogP contribution >= 0.6 is 11.3 Å². The van der Waals surface area contributed by atoms with Gasteiger partial charge in [-0.25, -0.2) is 9.98 Å². The average molecular weight is 649 g/mol. The second kappa shape index (κ2) is 11.0. The van der Waals surface area contributed by atoms with Crippen LogP contribution in [-0.2, 0) is 0 Å². The lowest BCUT2D eigenvalue weighted by atomic mass is 9.99. The zero-order valence-corrected chi connectivity index (χ0v) is 27.4. The predicted molar refractivity (Wildman–Crippen MR) is 204 cm³/mol. The molecule has 6 aromatic carbocycles. The van der Waals surface area contributed by atoms with Gasteiger partial charge in [-0.15, -0.1) is 11.3 Å². The second-order valence-corrected chi connectivity index (χ2v) is 13.5. The van der Waals surface area contributed by atoms with E-state index in [1.54, 1.807) is 0 Å². The molecule has 1 unspecified atom stereocenters. The van der Waals surface area contributed by atoms with E-state index in [4.69, 9.17) is 19.4 Å². The van der Waals surface area contributed by atoms with Gasteiger partial charge in [0.25, 0.3) is 0 Å². The van der Waals surface area contributed by atoms with Gasteiger partial charge in [-0.3, -0.25) is 4.98 Å². The van der Waals surface area contributed by atoms with E-state index in [0.717, 1.165) is 55.7 Å². The van der Waals surface area contributed by atoms with Crippen LogP contribution in [0.15, 0.2) is 160 Å². The van der Waals surface area contributed by atoms with Gasteiger partial charge in [0.1, 0.15) is 16.9 Å². The van der Waals surface area contributed by atoms with Crippen LogP contribution in [0.5, 0.6) is 0 Å². The number of hydrogen-bond acceptors (Lipinski definition) is 6. The standard InChI is InChI=1S/C43H28N4OS/c1-47-42(33-19-11-18-31-30-16-8-10-21-36(30)49-40(31)33)45-41(27-13-3-2-4-14-27)46-43(47)38-37-32-17-7-9-20-35(32)48-39(37)34(25-44-38)29-23-22-26-12-5-6-15-28(26)24-29/h2-25,42H,1H3. The fourth-order valence-corrected chi connectivity index (χ4v) is 8.41. The molecule has 49 heavy (non-hydrogen) atoms. The molecule has 0 bridgehead atoms. The van der Waals surface area contributed by atoms with E-state index in [1.807, 2.05) is 47.9 Å². The van der Waals surface area contributed by atoms with Crippen molar-refractivity contribution in [3.8, 4) is 11.1 Å². The zero-order valence-electron chi connectivity index (χ0n) is 26.5. The summed E-state index contributed by atoms with van der Waals surface area (Å²) in [6.07, 6.45) is 1.62. The summed E-state index contributed by atoms with van der Waals surface area (Å²) >= 11 is 1.82. The van der Waals surface area contributed by atoms with Crippen LogP contribution in [0.2, 0.25) is 0 Å². The highest BCUT2D eigenvalue weighted by Crippen LogP contribution is 2.42. The summed E-state index contributed by atoms with van der Waals surface area (Å²) in [6.45, 7) is 0. The summed E-state index contributed by atoms with van der Waals surface area (Å²) < 4.78 is 9.19. The lowest BCUT2D eigenvalue weighted by Gasteiger charge is -2.32. The minimum absolute atomic E-state index is 0.324. The Morgan fingerprint density at radius 1 is 0.673 bits per heavy atom. The highest BCUT2D eigenvalue weighted by molar-refractivity contribution is 7.26. The van der Waals surface area contributed by atoms with Gasteiger partial charge in [0.2, 0.25) is 0 Å². The number of aliphatic imine (C=N–C) groups is 2. The third-order valence-electron chi connectivity index (χ3n) is 9.57. The highest BCUT2D eigenvalue weighted by atomic mass is 32.1. The van der Waals surface area contributed by atoms with Gasteiger partial charge in [0.15, 0.2) is 17.8 Å². The number of fused-ring (bicyclic) bond motifs is 7. The number of para-hydroxylation sites is 1. The molecule has 1 aliphatic heterocycles. The Kier molecular flexibility index (Phi) is 6.26. The van der Waals surface area contributed by atoms with E-state index >= 15 is 0 Å². The van der Waals surface area contributed by atoms with E-state index in [-0.39, 0.29) is 6.17 Å². The molecule has 9 aromatic rings. The molecule has 5 nitrogen and oxygen atoms in total. The first-order valence-corrected chi connectivity index (χ1v) is 17.2. The van der Waals surface area contributed by atoms with Crippen LogP contribution in [0.25, 0.3) is 64.0 Å². The van der Waals surface area contributed by atoms with Crippen molar-refractivity contribution in [2.24, 2.45) is 9.98 Å². The number of pyridine rings is 1.